The van der Waals surface area contributed by atoms with Crippen molar-refractivity contribution in [3.8, 4) is 0 Å². The van der Waals surface area contributed by atoms with Crippen LogP contribution in [0.2, 0.25) is 0 Å². The average molecular weight is 292 g/mol. The van der Waals surface area contributed by atoms with Crippen molar-refractivity contribution in [3.05, 3.63) is 65.7 Å². The van der Waals surface area contributed by atoms with Crippen LogP contribution >= 0.6 is 0 Å². The summed E-state index contributed by atoms with van der Waals surface area (Å²) in [5.74, 6) is 0.0736. The van der Waals surface area contributed by atoms with Crippen molar-refractivity contribution in [2.75, 3.05) is 5.43 Å². The van der Waals surface area contributed by atoms with Crippen LogP contribution in [0.1, 0.15) is 24.0 Å². The number of rotatable bonds is 4. The summed E-state index contributed by atoms with van der Waals surface area (Å²) in [7, 11) is 0. The molecule has 0 amide bonds. The minimum absolute atomic E-state index is 0.0736. The lowest BCUT2D eigenvalue weighted by molar-refractivity contribution is -0.137. The summed E-state index contributed by atoms with van der Waals surface area (Å²) in [5, 5.41) is 4.00. The minimum atomic E-state index is -4.35. The highest BCUT2D eigenvalue weighted by Crippen LogP contribution is 2.30. The number of alkyl halides is 3. The van der Waals surface area contributed by atoms with E-state index < -0.39 is 11.7 Å². The van der Waals surface area contributed by atoms with E-state index in [1.807, 2.05) is 37.3 Å². The zero-order valence-corrected chi connectivity index (χ0v) is 11.4. The Bertz CT molecular complexity index is 606. The van der Waals surface area contributed by atoms with E-state index in [2.05, 4.69) is 10.5 Å². The zero-order valence-electron chi connectivity index (χ0n) is 11.4. The van der Waals surface area contributed by atoms with Gasteiger partial charge in [0.2, 0.25) is 0 Å². The first-order chi connectivity index (χ1) is 9.97. The lowest BCUT2D eigenvalue weighted by Gasteiger charge is -2.09. The third-order valence-electron chi connectivity index (χ3n) is 3.01. The molecule has 110 valence electrons. The first-order valence-corrected chi connectivity index (χ1v) is 6.48. The molecule has 0 saturated carbocycles. The maximum Gasteiger partial charge on any atom is 0.416 e. The highest BCUT2D eigenvalue weighted by Gasteiger charge is 2.30. The van der Waals surface area contributed by atoms with Crippen LogP contribution in [0.15, 0.2) is 59.7 Å². The standard InChI is InChI=1S/C16H15F3N2/c1-12(13-6-3-2-4-7-13)11-20-21-15-9-5-8-14(10-15)16(17,18)19/h2-12,21H,1H3. The van der Waals surface area contributed by atoms with Gasteiger partial charge in [0.15, 0.2) is 0 Å². The highest BCUT2D eigenvalue weighted by atomic mass is 19.4. The van der Waals surface area contributed by atoms with E-state index in [1.54, 1.807) is 12.3 Å². The zero-order chi connectivity index (χ0) is 15.3. The van der Waals surface area contributed by atoms with Crippen LogP contribution in [0.25, 0.3) is 0 Å². The fourth-order valence-electron chi connectivity index (χ4n) is 1.83. The second kappa shape index (κ2) is 6.43. The van der Waals surface area contributed by atoms with Crippen LogP contribution in [0.3, 0.4) is 0 Å². The van der Waals surface area contributed by atoms with E-state index in [4.69, 9.17) is 0 Å². The predicted molar refractivity (Wildman–Crippen MR) is 78.4 cm³/mol. The van der Waals surface area contributed by atoms with E-state index in [-0.39, 0.29) is 5.92 Å². The van der Waals surface area contributed by atoms with Gasteiger partial charge in [0.25, 0.3) is 0 Å². The third kappa shape index (κ3) is 4.34. The maximum absolute atomic E-state index is 12.6. The van der Waals surface area contributed by atoms with E-state index in [0.29, 0.717) is 5.69 Å². The van der Waals surface area contributed by atoms with Crippen LogP contribution in [0.4, 0.5) is 18.9 Å². The van der Waals surface area contributed by atoms with E-state index in [1.165, 1.54) is 6.07 Å². The summed E-state index contributed by atoms with van der Waals surface area (Å²) in [6.45, 7) is 1.96. The predicted octanol–water partition coefficient (Wildman–Crippen LogP) is 4.91. The van der Waals surface area contributed by atoms with Crippen molar-refractivity contribution in [1.29, 1.82) is 0 Å². The molecule has 0 saturated heterocycles. The van der Waals surface area contributed by atoms with Gasteiger partial charge in [-0.25, -0.2) is 0 Å². The Morgan fingerprint density at radius 1 is 1.05 bits per heavy atom. The molecule has 2 aromatic carbocycles. The Labute approximate surface area is 121 Å². The lowest BCUT2D eigenvalue weighted by atomic mass is 10.0. The molecule has 5 heteroatoms. The van der Waals surface area contributed by atoms with E-state index in [9.17, 15) is 13.2 Å². The minimum Gasteiger partial charge on any atom is -0.279 e. The van der Waals surface area contributed by atoms with Gasteiger partial charge >= 0.3 is 6.18 Å². The number of anilines is 1. The van der Waals surface area contributed by atoms with Crippen LogP contribution in [-0.4, -0.2) is 6.21 Å². The van der Waals surface area contributed by atoms with Gasteiger partial charge in [-0.05, 0) is 23.8 Å². The highest BCUT2D eigenvalue weighted by molar-refractivity contribution is 5.68. The van der Waals surface area contributed by atoms with Crippen LogP contribution in [-0.2, 0) is 6.18 Å². The van der Waals surface area contributed by atoms with Crippen molar-refractivity contribution in [1.82, 2.24) is 0 Å². The molecule has 0 aliphatic rings. The van der Waals surface area contributed by atoms with Crippen LogP contribution < -0.4 is 5.43 Å². The molecular formula is C16H15F3N2. The molecule has 21 heavy (non-hydrogen) atoms. The molecule has 1 unspecified atom stereocenters. The summed E-state index contributed by atoms with van der Waals surface area (Å²) in [6, 6.07) is 14.7. The second-order valence-electron chi connectivity index (χ2n) is 4.67. The van der Waals surface area contributed by atoms with Gasteiger partial charge in [0, 0.05) is 12.1 Å². The second-order valence-corrected chi connectivity index (χ2v) is 4.67. The smallest absolute Gasteiger partial charge is 0.279 e. The molecule has 0 aliphatic heterocycles. The number of hydrazone groups is 1. The molecule has 0 bridgehead atoms. The molecule has 2 rings (SSSR count). The van der Waals surface area contributed by atoms with Gasteiger partial charge in [0.1, 0.15) is 0 Å². The SMILES string of the molecule is CC(C=NNc1cccc(C(F)(F)F)c1)c1ccccc1. The van der Waals surface area contributed by atoms with Gasteiger partial charge in [-0.3, -0.25) is 5.43 Å². The largest absolute Gasteiger partial charge is 0.416 e. The maximum atomic E-state index is 12.6. The number of nitrogens with one attached hydrogen (secondary N) is 1. The molecule has 0 heterocycles. The summed E-state index contributed by atoms with van der Waals surface area (Å²) in [5.41, 5.74) is 3.33. The van der Waals surface area contributed by atoms with Gasteiger partial charge in [-0.2, -0.15) is 18.3 Å². The topological polar surface area (TPSA) is 24.4 Å². The fraction of sp³-hybridized carbons (Fsp3) is 0.188. The quantitative estimate of drug-likeness (QED) is 0.628. The van der Waals surface area contributed by atoms with Crippen molar-refractivity contribution in [2.45, 2.75) is 19.0 Å². The van der Waals surface area contributed by atoms with Gasteiger partial charge < -0.3 is 0 Å². The Morgan fingerprint density at radius 3 is 2.43 bits per heavy atom. The Morgan fingerprint density at radius 2 is 1.76 bits per heavy atom. The van der Waals surface area contributed by atoms with Crippen molar-refractivity contribution in [2.24, 2.45) is 5.10 Å². The summed E-state index contributed by atoms with van der Waals surface area (Å²) in [4.78, 5) is 0. The first-order valence-electron chi connectivity index (χ1n) is 6.48. The monoisotopic (exact) mass is 292 g/mol. The van der Waals surface area contributed by atoms with Gasteiger partial charge in [0.05, 0.1) is 11.3 Å². The first kappa shape index (κ1) is 15.1. The Hall–Kier alpha value is -2.30. The van der Waals surface area contributed by atoms with E-state index in [0.717, 1.165) is 17.7 Å². The summed E-state index contributed by atoms with van der Waals surface area (Å²) < 4.78 is 37.7. The number of hydrogen-bond acceptors (Lipinski definition) is 2. The van der Waals surface area contributed by atoms with Crippen molar-refractivity contribution in [3.63, 3.8) is 0 Å². The third-order valence-corrected chi connectivity index (χ3v) is 3.01. The molecule has 2 aromatic rings. The normalized spacial score (nSPS) is 13.3. The van der Waals surface area contributed by atoms with Crippen LogP contribution in [0.5, 0.6) is 0 Å². The molecule has 1 N–H and O–H groups in total. The Kier molecular flexibility index (Phi) is 4.62. The average Bonchev–Trinajstić information content (AvgIpc) is 2.47. The number of hydrogen-bond donors (Lipinski definition) is 1. The lowest BCUT2D eigenvalue weighted by Crippen LogP contribution is -2.05. The molecule has 0 fully saturated rings. The summed E-state index contributed by atoms with van der Waals surface area (Å²) >= 11 is 0. The Balaban J connectivity index is 2.01. The van der Waals surface area contributed by atoms with Crippen molar-refractivity contribution >= 4 is 11.9 Å². The van der Waals surface area contributed by atoms with Gasteiger partial charge in [-0.15, -0.1) is 0 Å². The molecule has 0 aromatic heterocycles. The van der Waals surface area contributed by atoms with E-state index >= 15 is 0 Å². The molecule has 0 spiro atoms. The number of halogens is 3. The number of benzene rings is 2. The molecule has 0 radical (unpaired) electrons. The van der Waals surface area contributed by atoms with Crippen molar-refractivity contribution < 1.29 is 13.2 Å². The number of nitrogens with zero attached hydrogens (tertiary/aromatic N) is 1. The molecule has 1 atom stereocenters. The summed E-state index contributed by atoms with van der Waals surface area (Å²) in [6.07, 6.45) is -2.69. The van der Waals surface area contributed by atoms with Gasteiger partial charge in [-0.1, -0.05) is 43.3 Å². The molecule has 0 aliphatic carbocycles. The van der Waals surface area contributed by atoms with Crippen LogP contribution in [0, 0.1) is 0 Å². The molecule has 2 nitrogen and oxygen atoms in total. The molecular weight excluding hydrogens is 277 g/mol. The fourth-order valence-corrected chi connectivity index (χ4v) is 1.83.